The Bertz CT molecular complexity index is 1340. The molecular weight excluding hydrogens is 446 g/mol. The highest BCUT2D eigenvalue weighted by Gasteiger charge is 2.17. The number of ether oxygens (including phenoxy) is 1. The van der Waals surface area contributed by atoms with Crippen molar-refractivity contribution in [1.82, 2.24) is 4.98 Å². The van der Waals surface area contributed by atoms with Crippen molar-refractivity contribution in [3.63, 3.8) is 0 Å². The Hall–Kier alpha value is -3.58. The minimum Gasteiger partial charge on any atom is -0.494 e. The van der Waals surface area contributed by atoms with Gasteiger partial charge in [-0.05, 0) is 67.4 Å². The lowest BCUT2D eigenvalue weighted by Crippen LogP contribution is -2.31. The van der Waals surface area contributed by atoms with Gasteiger partial charge in [0.1, 0.15) is 17.2 Å². The smallest absolute Gasteiger partial charge is 0.336 e. The average Bonchev–Trinajstić information content (AvgIpc) is 2.84. The highest BCUT2D eigenvalue weighted by Crippen LogP contribution is 2.27. The number of aliphatic imine (C=N–C) groups is 1. The summed E-state index contributed by atoms with van der Waals surface area (Å²) in [6.07, 6.45) is 3.56. The monoisotopic (exact) mass is 473 g/mol. The third-order valence-corrected chi connectivity index (χ3v) is 6.27. The molecule has 0 saturated heterocycles. The molecule has 0 atom stereocenters. The highest BCUT2D eigenvalue weighted by atomic mass is 32.2. The van der Waals surface area contributed by atoms with Crippen molar-refractivity contribution in [3.05, 3.63) is 100 Å². The number of thioether (sulfide) groups is 1. The van der Waals surface area contributed by atoms with Gasteiger partial charge in [-0.15, -0.1) is 11.8 Å². The lowest BCUT2D eigenvalue weighted by Gasteiger charge is -2.26. The van der Waals surface area contributed by atoms with Crippen molar-refractivity contribution in [1.29, 1.82) is 0 Å². The van der Waals surface area contributed by atoms with E-state index in [-0.39, 0.29) is 5.63 Å². The molecule has 4 aromatic rings. The summed E-state index contributed by atoms with van der Waals surface area (Å²) >= 11 is 1.70. The number of nitrogens with zero attached hydrogens (tertiary/aromatic N) is 3. The third kappa shape index (κ3) is 5.48. The third-order valence-electron chi connectivity index (χ3n) is 5.31. The maximum Gasteiger partial charge on any atom is 0.336 e. The summed E-state index contributed by atoms with van der Waals surface area (Å²) in [5.74, 6) is 2.93. The Kier molecular flexibility index (Phi) is 7.65. The molecule has 34 heavy (non-hydrogen) atoms. The highest BCUT2D eigenvalue weighted by molar-refractivity contribution is 7.98. The molecule has 2 aromatic heterocycles. The topological polar surface area (TPSA) is 67.9 Å². The van der Waals surface area contributed by atoms with Gasteiger partial charge in [0.05, 0.1) is 12.5 Å². The molecule has 0 radical (unpaired) electrons. The van der Waals surface area contributed by atoms with E-state index in [4.69, 9.17) is 9.15 Å². The maximum atomic E-state index is 12.1. The number of hydrogen-bond acceptors (Lipinski definition) is 6. The molecule has 0 bridgehead atoms. The zero-order valence-corrected chi connectivity index (χ0v) is 20.3. The SMILES string of the molecule is CCOc1ccc(N(CSCc2cc(=O)oc3cc(C)ccc23)C(=NC)c2cccnc2)cc1. The van der Waals surface area contributed by atoms with Gasteiger partial charge in [-0.1, -0.05) is 12.1 Å². The molecule has 0 amide bonds. The van der Waals surface area contributed by atoms with E-state index < -0.39 is 0 Å². The van der Waals surface area contributed by atoms with E-state index in [1.807, 2.05) is 74.6 Å². The second-order valence-electron chi connectivity index (χ2n) is 7.71. The van der Waals surface area contributed by atoms with Crippen molar-refractivity contribution in [2.24, 2.45) is 4.99 Å². The Morgan fingerprint density at radius 1 is 1.15 bits per heavy atom. The predicted octanol–water partition coefficient (Wildman–Crippen LogP) is 5.67. The standard InChI is InChI=1S/C27H27N3O3S/c1-4-32-23-10-8-22(9-11-23)30(27(28-3)20-6-5-13-29-16-20)18-34-17-21-15-26(31)33-25-14-19(2)7-12-24(21)25/h5-16H,4,17-18H2,1-3H3. The number of hydrogen-bond donors (Lipinski definition) is 0. The van der Waals surface area contributed by atoms with Crippen LogP contribution >= 0.6 is 11.8 Å². The first kappa shape index (κ1) is 23.6. The summed E-state index contributed by atoms with van der Waals surface area (Å²) in [6.45, 7) is 4.57. The number of amidine groups is 1. The fourth-order valence-electron chi connectivity index (χ4n) is 3.75. The van der Waals surface area contributed by atoms with Crippen LogP contribution in [0.3, 0.4) is 0 Å². The van der Waals surface area contributed by atoms with Gasteiger partial charge in [-0.25, -0.2) is 4.79 Å². The molecule has 0 aliphatic rings. The molecule has 0 aliphatic heterocycles. The van der Waals surface area contributed by atoms with E-state index in [1.165, 1.54) is 0 Å². The minimum atomic E-state index is -0.330. The fraction of sp³-hybridized carbons (Fsp3) is 0.222. The van der Waals surface area contributed by atoms with Crippen LogP contribution in [0, 0.1) is 6.92 Å². The number of benzene rings is 2. The first-order chi connectivity index (χ1) is 16.6. The van der Waals surface area contributed by atoms with Crippen molar-refractivity contribution in [2.75, 3.05) is 24.4 Å². The number of pyridine rings is 1. The largest absolute Gasteiger partial charge is 0.494 e. The first-order valence-electron chi connectivity index (χ1n) is 11.1. The van der Waals surface area contributed by atoms with Gasteiger partial charge >= 0.3 is 5.63 Å². The normalized spacial score (nSPS) is 11.6. The van der Waals surface area contributed by atoms with Crippen molar-refractivity contribution in [2.45, 2.75) is 19.6 Å². The number of anilines is 1. The second kappa shape index (κ2) is 11.0. The first-order valence-corrected chi connectivity index (χ1v) is 12.2. The van der Waals surface area contributed by atoms with E-state index in [0.717, 1.165) is 39.3 Å². The molecule has 2 aromatic carbocycles. The van der Waals surface area contributed by atoms with Crippen LogP contribution in [0.15, 0.2) is 87.3 Å². The van der Waals surface area contributed by atoms with Crippen LogP contribution in [-0.2, 0) is 5.75 Å². The maximum absolute atomic E-state index is 12.1. The summed E-state index contributed by atoms with van der Waals surface area (Å²) in [5, 5.41) is 0.960. The van der Waals surface area contributed by atoms with Gasteiger partial charge in [0, 0.05) is 47.9 Å². The van der Waals surface area contributed by atoms with Gasteiger partial charge < -0.3 is 14.1 Å². The van der Waals surface area contributed by atoms with Gasteiger partial charge in [0.2, 0.25) is 0 Å². The van der Waals surface area contributed by atoms with E-state index in [0.29, 0.717) is 23.8 Å². The number of aromatic nitrogens is 1. The molecule has 0 fully saturated rings. The summed E-state index contributed by atoms with van der Waals surface area (Å²) in [7, 11) is 1.78. The van der Waals surface area contributed by atoms with Gasteiger partial charge in [0.15, 0.2) is 0 Å². The number of aryl methyl sites for hydroxylation is 1. The van der Waals surface area contributed by atoms with Crippen LogP contribution in [-0.4, -0.2) is 30.4 Å². The Morgan fingerprint density at radius 3 is 2.68 bits per heavy atom. The molecule has 4 rings (SSSR count). The molecule has 7 heteroatoms. The van der Waals surface area contributed by atoms with E-state index in [9.17, 15) is 4.79 Å². The van der Waals surface area contributed by atoms with Crippen LogP contribution in [0.4, 0.5) is 5.69 Å². The van der Waals surface area contributed by atoms with Crippen molar-refractivity contribution >= 4 is 34.3 Å². The Labute approximate surface area is 203 Å². The molecule has 0 saturated carbocycles. The van der Waals surface area contributed by atoms with Crippen LogP contribution in [0.2, 0.25) is 0 Å². The lowest BCUT2D eigenvalue weighted by atomic mass is 10.1. The van der Waals surface area contributed by atoms with Crippen molar-refractivity contribution < 1.29 is 9.15 Å². The summed E-state index contributed by atoms with van der Waals surface area (Å²) < 4.78 is 11.0. The molecule has 0 spiro atoms. The quantitative estimate of drug-likeness (QED) is 0.142. The second-order valence-corrected chi connectivity index (χ2v) is 8.67. The zero-order chi connectivity index (χ0) is 23.9. The molecular formula is C27H27N3O3S. The molecule has 2 heterocycles. The van der Waals surface area contributed by atoms with Crippen LogP contribution in [0.1, 0.15) is 23.6 Å². The minimum absolute atomic E-state index is 0.330. The average molecular weight is 474 g/mol. The molecule has 0 N–H and O–H groups in total. The summed E-state index contributed by atoms with van der Waals surface area (Å²) in [6, 6.07) is 19.4. The Balaban J connectivity index is 1.61. The van der Waals surface area contributed by atoms with E-state index >= 15 is 0 Å². The van der Waals surface area contributed by atoms with Gasteiger partial charge in [0.25, 0.3) is 0 Å². The zero-order valence-electron chi connectivity index (χ0n) is 19.5. The van der Waals surface area contributed by atoms with Crippen LogP contribution < -0.4 is 15.3 Å². The van der Waals surface area contributed by atoms with E-state index in [1.54, 1.807) is 31.1 Å². The van der Waals surface area contributed by atoms with Gasteiger partial charge in [-0.3, -0.25) is 9.98 Å². The molecule has 0 aliphatic carbocycles. The van der Waals surface area contributed by atoms with Crippen LogP contribution in [0.5, 0.6) is 5.75 Å². The molecule has 6 nitrogen and oxygen atoms in total. The fourth-order valence-corrected chi connectivity index (χ4v) is 4.76. The molecule has 174 valence electrons. The lowest BCUT2D eigenvalue weighted by molar-refractivity contribution is 0.340. The predicted molar refractivity (Wildman–Crippen MR) is 140 cm³/mol. The van der Waals surface area contributed by atoms with Crippen molar-refractivity contribution in [3.8, 4) is 5.75 Å². The molecule has 0 unspecified atom stereocenters. The van der Waals surface area contributed by atoms with Gasteiger partial charge in [-0.2, -0.15) is 0 Å². The van der Waals surface area contributed by atoms with E-state index in [2.05, 4.69) is 14.9 Å². The summed E-state index contributed by atoms with van der Waals surface area (Å²) in [4.78, 5) is 23.1. The van der Waals surface area contributed by atoms with Crippen LogP contribution in [0.25, 0.3) is 11.0 Å². The summed E-state index contributed by atoms with van der Waals surface area (Å²) in [5.41, 5.74) is 4.23. The number of fused-ring (bicyclic) bond motifs is 1. The number of rotatable bonds is 8. The Morgan fingerprint density at radius 2 is 1.97 bits per heavy atom.